The van der Waals surface area contributed by atoms with Gasteiger partial charge >= 0.3 is 5.97 Å². The summed E-state index contributed by atoms with van der Waals surface area (Å²) in [4.78, 5) is 27.4. The third-order valence-corrected chi connectivity index (χ3v) is 5.37. The van der Waals surface area contributed by atoms with E-state index in [1.165, 1.54) is 7.11 Å². The molecule has 1 heterocycles. The van der Waals surface area contributed by atoms with E-state index in [2.05, 4.69) is 11.0 Å². The average Bonchev–Trinajstić information content (AvgIpc) is 3.23. The second kappa shape index (κ2) is 6.89. The summed E-state index contributed by atoms with van der Waals surface area (Å²) in [5.74, 6) is -0.0362. The molecular formula is C22H21NO3. The van der Waals surface area contributed by atoms with Crippen LogP contribution in [0.1, 0.15) is 17.2 Å². The van der Waals surface area contributed by atoms with E-state index in [0.29, 0.717) is 13.1 Å². The molecule has 132 valence electrons. The molecule has 0 bridgehead atoms. The van der Waals surface area contributed by atoms with Crippen LogP contribution < -0.4 is 0 Å². The van der Waals surface area contributed by atoms with Gasteiger partial charge in [-0.3, -0.25) is 9.69 Å². The van der Waals surface area contributed by atoms with Gasteiger partial charge in [0.15, 0.2) is 5.78 Å². The first-order valence-electron chi connectivity index (χ1n) is 8.87. The molecule has 0 N–H and O–H groups in total. The van der Waals surface area contributed by atoms with Crippen LogP contribution in [-0.4, -0.2) is 36.9 Å². The molecule has 1 aliphatic carbocycles. The SMILES string of the molecule is COC(=O)[C@H](c1ccccc1)N1C[C@@H]2C=C(c3ccccc3)C(=O)[C@@H]2C1. The maximum absolute atomic E-state index is 12.9. The molecule has 0 radical (unpaired) electrons. The number of fused-ring (bicyclic) bond motifs is 1. The lowest BCUT2D eigenvalue weighted by atomic mass is 9.97. The van der Waals surface area contributed by atoms with E-state index < -0.39 is 6.04 Å². The first kappa shape index (κ1) is 16.7. The molecular weight excluding hydrogens is 326 g/mol. The number of Topliss-reactive ketones (excluding diaryl/α,β-unsaturated/α-hetero) is 1. The van der Waals surface area contributed by atoms with Crippen LogP contribution in [0.2, 0.25) is 0 Å². The summed E-state index contributed by atoms with van der Waals surface area (Å²) in [5.41, 5.74) is 2.69. The van der Waals surface area contributed by atoms with Crippen LogP contribution in [0.4, 0.5) is 0 Å². The summed E-state index contributed by atoms with van der Waals surface area (Å²) in [5, 5.41) is 0. The highest BCUT2D eigenvalue weighted by molar-refractivity contribution is 6.24. The number of likely N-dealkylation sites (tertiary alicyclic amines) is 1. The fraction of sp³-hybridized carbons (Fsp3) is 0.273. The van der Waals surface area contributed by atoms with Crippen LogP contribution in [0.3, 0.4) is 0 Å². The zero-order valence-electron chi connectivity index (χ0n) is 14.7. The molecule has 4 nitrogen and oxygen atoms in total. The summed E-state index contributed by atoms with van der Waals surface area (Å²) < 4.78 is 5.04. The minimum absolute atomic E-state index is 0.0823. The minimum Gasteiger partial charge on any atom is -0.468 e. The highest BCUT2D eigenvalue weighted by Gasteiger charge is 2.46. The molecule has 26 heavy (non-hydrogen) atoms. The van der Waals surface area contributed by atoms with Crippen LogP contribution in [-0.2, 0) is 14.3 Å². The Morgan fingerprint density at radius 2 is 1.69 bits per heavy atom. The van der Waals surface area contributed by atoms with Crippen molar-refractivity contribution in [2.75, 3.05) is 20.2 Å². The number of carbonyl (C=O) groups is 2. The average molecular weight is 347 g/mol. The molecule has 1 fully saturated rings. The van der Waals surface area contributed by atoms with Crippen molar-refractivity contribution in [2.45, 2.75) is 6.04 Å². The van der Waals surface area contributed by atoms with Crippen molar-refractivity contribution < 1.29 is 14.3 Å². The molecule has 0 unspecified atom stereocenters. The fourth-order valence-corrected chi connectivity index (χ4v) is 4.11. The molecule has 0 amide bonds. The zero-order chi connectivity index (χ0) is 18.1. The van der Waals surface area contributed by atoms with Crippen LogP contribution >= 0.6 is 0 Å². The first-order chi connectivity index (χ1) is 12.7. The molecule has 0 spiro atoms. The van der Waals surface area contributed by atoms with Gasteiger partial charge in [-0.1, -0.05) is 66.7 Å². The van der Waals surface area contributed by atoms with Gasteiger partial charge in [-0.15, -0.1) is 0 Å². The van der Waals surface area contributed by atoms with Gasteiger partial charge in [-0.25, -0.2) is 4.79 Å². The molecule has 4 rings (SSSR count). The number of allylic oxidation sites excluding steroid dienone is 1. The topological polar surface area (TPSA) is 46.6 Å². The summed E-state index contributed by atoms with van der Waals surface area (Å²) in [7, 11) is 1.41. The van der Waals surface area contributed by atoms with Crippen molar-refractivity contribution in [1.29, 1.82) is 0 Å². The summed E-state index contributed by atoms with van der Waals surface area (Å²) >= 11 is 0. The van der Waals surface area contributed by atoms with Gasteiger partial charge in [0.05, 0.1) is 7.11 Å². The molecule has 1 saturated heterocycles. The van der Waals surface area contributed by atoms with Gasteiger partial charge in [0.25, 0.3) is 0 Å². The van der Waals surface area contributed by atoms with Crippen molar-refractivity contribution in [3.8, 4) is 0 Å². The van der Waals surface area contributed by atoms with E-state index in [-0.39, 0.29) is 23.6 Å². The van der Waals surface area contributed by atoms with E-state index in [0.717, 1.165) is 16.7 Å². The highest BCUT2D eigenvalue weighted by Crippen LogP contribution is 2.41. The lowest BCUT2D eigenvalue weighted by Gasteiger charge is -2.26. The maximum atomic E-state index is 12.9. The molecule has 1 aliphatic heterocycles. The molecule has 3 atom stereocenters. The number of carbonyl (C=O) groups excluding carboxylic acids is 2. The number of ketones is 1. The normalized spacial score (nSPS) is 23.4. The molecule has 2 aliphatic rings. The number of esters is 1. The van der Waals surface area contributed by atoms with Crippen molar-refractivity contribution in [3.05, 3.63) is 77.9 Å². The fourth-order valence-electron chi connectivity index (χ4n) is 4.11. The zero-order valence-corrected chi connectivity index (χ0v) is 14.7. The van der Waals surface area contributed by atoms with Crippen LogP contribution in [0.15, 0.2) is 66.7 Å². The van der Waals surface area contributed by atoms with Gasteiger partial charge in [0.2, 0.25) is 0 Å². The lowest BCUT2D eigenvalue weighted by Crippen LogP contribution is -2.34. The van der Waals surface area contributed by atoms with E-state index in [4.69, 9.17) is 4.74 Å². The van der Waals surface area contributed by atoms with Gasteiger partial charge in [-0.05, 0) is 11.1 Å². The maximum Gasteiger partial charge on any atom is 0.327 e. The van der Waals surface area contributed by atoms with Crippen LogP contribution in [0.5, 0.6) is 0 Å². The predicted octanol–water partition coefficient (Wildman–Crippen LogP) is 3.12. The van der Waals surface area contributed by atoms with Gasteiger partial charge in [0.1, 0.15) is 6.04 Å². The Kier molecular flexibility index (Phi) is 4.43. The lowest BCUT2D eigenvalue weighted by molar-refractivity contribution is -0.147. The molecule has 2 aromatic carbocycles. The van der Waals surface area contributed by atoms with Crippen molar-refractivity contribution >= 4 is 17.3 Å². The smallest absolute Gasteiger partial charge is 0.327 e. The minimum atomic E-state index is -0.465. The summed E-state index contributed by atoms with van der Waals surface area (Å²) in [6.45, 7) is 1.26. The number of hydrogen-bond donors (Lipinski definition) is 0. The second-order valence-corrected chi connectivity index (χ2v) is 6.87. The van der Waals surface area contributed by atoms with Crippen LogP contribution in [0, 0.1) is 11.8 Å². The Bertz CT molecular complexity index is 844. The number of benzene rings is 2. The van der Waals surface area contributed by atoms with E-state index >= 15 is 0 Å². The Morgan fingerprint density at radius 3 is 2.31 bits per heavy atom. The van der Waals surface area contributed by atoms with Gasteiger partial charge in [0, 0.05) is 30.5 Å². The summed E-state index contributed by atoms with van der Waals surface area (Å²) in [6.07, 6.45) is 2.08. The Balaban J connectivity index is 1.60. The van der Waals surface area contributed by atoms with Crippen molar-refractivity contribution in [1.82, 2.24) is 4.90 Å². The third kappa shape index (κ3) is 2.86. The van der Waals surface area contributed by atoms with Crippen molar-refractivity contribution in [3.63, 3.8) is 0 Å². The molecule has 2 aromatic rings. The standard InChI is InChI=1S/C22H21NO3/c1-26-22(25)20(16-10-6-3-7-11-16)23-13-17-12-18(21(24)19(17)14-23)15-8-4-2-5-9-15/h2-12,17,19-20H,13-14H2,1H3/t17-,19+,20-/m0/s1. The number of ether oxygens (including phenoxy) is 1. The Morgan fingerprint density at radius 1 is 1.04 bits per heavy atom. The largest absolute Gasteiger partial charge is 0.468 e. The molecule has 4 heteroatoms. The Hall–Kier alpha value is -2.72. The first-order valence-corrected chi connectivity index (χ1v) is 8.87. The quantitative estimate of drug-likeness (QED) is 0.798. The number of hydrogen-bond acceptors (Lipinski definition) is 4. The van der Waals surface area contributed by atoms with Gasteiger partial charge in [-0.2, -0.15) is 0 Å². The number of methoxy groups -OCH3 is 1. The van der Waals surface area contributed by atoms with Crippen molar-refractivity contribution in [2.24, 2.45) is 11.8 Å². The van der Waals surface area contributed by atoms with E-state index in [9.17, 15) is 9.59 Å². The predicted molar refractivity (Wildman–Crippen MR) is 99.2 cm³/mol. The highest BCUT2D eigenvalue weighted by atomic mass is 16.5. The van der Waals surface area contributed by atoms with Gasteiger partial charge < -0.3 is 4.74 Å². The number of nitrogens with zero attached hydrogens (tertiary/aromatic N) is 1. The number of rotatable bonds is 4. The summed E-state index contributed by atoms with van der Waals surface area (Å²) in [6, 6.07) is 19.0. The Labute approximate surface area is 153 Å². The van der Waals surface area contributed by atoms with Crippen LogP contribution in [0.25, 0.3) is 5.57 Å². The second-order valence-electron chi connectivity index (χ2n) is 6.87. The monoisotopic (exact) mass is 347 g/mol. The molecule has 0 aromatic heterocycles. The third-order valence-electron chi connectivity index (χ3n) is 5.37. The van der Waals surface area contributed by atoms with E-state index in [1.54, 1.807) is 0 Å². The van der Waals surface area contributed by atoms with E-state index in [1.807, 2.05) is 60.7 Å². The molecule has 0 saturated carbocycles.